The Bertz CT molecular complexity index is 886. The van der Waals surface area contributed by atoms with Gasteiger partial charge in [-0.2, -0.15) is 0 Å². The first kappa shape index (κ1) is 17.0. The number of amides is 1. The number of nitrogens with zero attached hydrogens (tertiary/aromatic N) is 2. The van der Waals surface area contributed by atoms with Crippen LogP contribution >= 0.6 is 0 Å². The van der Waals surface area contributed by atoms with Crippen LogP contribution in [0.25, 0.3) is 11.0 Å². The Labute approximate surface area is 146 Å². The molecule has 3 rings (SSSR count). The van der Waals surface area contributed by atoms with Gasteiger partial charge >= 0.3 is 0 Å². The highest BCUT2D eigenvalue weighted by Gasteiger charge is 2.20. The Kier molecular flexibility index (Phi) is 5.00. The van der Waals surface area contributed by atoms with E-state index >= 15 is 0 Å². The fraction of sp³-hybridized carbons (Fsp3) is 0.263. The lowest BCUT2D eigenvalue weighted by Crippen LogP contribution is -2.31. The van der Waals surface area contributed by atoms with Gasteiger partial charge in [-0.25, -0.2) is 0 Å². The molecular weight excluding hydrogens is 316 g/mol. The van der Waals surface area contributed by atoms with Crippen LogP contribution in [0.2, 0.25) is 0 Å². The number of hydrogen-bond acceptors (Lipinski definition) is 5. The standard InChI is InChI=1S/C19H22N4O2/c1-13-5-4-6-14(11-13)22-17-15-7-8-20-12-16(15)25-18(17)19(24)21-9-10-23(2)3/h4-8,11-12,22H,9-10H2,1-3H3,(H,21,24). The number of anilines is 2. The summed E-state index contributed by atoms with van der Waals surface area (Å²) in [5.41, 5.74) is 3.28. The third-order valence-electron chi connectivity index (χ3n) is 3.83. The zero-order chi connectivity index (χ0) is 17.8. The molecule has 0 bridgehead atoms. The van der Waals surface area contributed by atoms with Gasteiger partial charge in [0, 0.05) is 30.4 Å². The lowest BCUT2D eigenvalue weighted by Gasteiger charge is -2.11. The summed E-state index contributed by atoms with van der Waals surface area (Å²) in [6.07, 6.45) is 3.31. The van der Waals surface area contributed by atoms with E-state index in [9.17, 15) is 4.79 Å². The molecule has 6 nitrogen and oxygen atoms in total. The predicted molar refractivity (Wildman–Crippen MR) is 99.4 cm³/mol. The molecule has 2 N–H and O–H groups in total. The Morgan fingerprint density at radius 1 is 1.28 bits per heavy atom. The van der Waals surface area contributed by atoms with E-state index in [1.165, 1.54) is 0 Å². The molecule has 0 saturated heterocycles. The second kappa shape index (κ2) is 7.36. The molecule has 0 aliphatic carbocycles. The molecule has 25 heavy (non-hydrogen) atoms. The highest BCUT2D eigenvalue weighted by atomic mass is 16.3. The Hall–Kier alpha value is -2.86. The van der Waals surface area contributed by atoms with Crippen LogP contribution in [-0.2, 0) is 0 Å². The van der Waals surface area contributed by atoms with E-state index in [1.54, 1.807) is 12.4 Å². The normalized spacial score (nSPS) is 11.0. The van der Waals surface area contributed by atoms with Crippen LogP contribution in [0.4, 0.5) is 11.4 Å². The van der Waals surface area contributed by atoms with Crippen molar-refractivity contribution in [2.24, 2.45) is 0 Å². The highest BCUT2D eigenvalue weighted by Crippen LogP contribution is 2.32. The average Bonchev–Trinajstić information content (AvgIpc) is 2.93. The van der Waals surface area contributed by atoms with Crippen molar-refractivity contribution in [2.45, 2.75) is 6.92 Å². The maximum atomic E-state index is 12.6. The SMILES string of the molecule is Cc1cccc(Nc2c(C(=O)NCCN(C)C)oc3cnccc23)c1. The molecule has 0 saturated carbocycles. The summed E-state index contributed by atoms with van der Waals surface area (Å²) < 4.78 is 5.77. The summed E-state index contributed by atoms with van der Waals surface area (Å²) in [4.78, 5) is 18.7. The molecule has 0 radical (unpaired) electrons. The maximum Gasteiger partial charge on any atom is 0.289 e. The van der Waals surface area contributed by atoms with Crippen LogP contribution in [-0.4, -0.2) is 43.0 Å². The van der Waals surface area contributed by atoms with Crippen LogP contribution < -0.4 is 10.6 Å². The van der Waals surface area contributed by atoms with Gasteiger partial charge in [-0.3, -0.25) is 9.78 Å². The first-order valence-corrected chi connectivity index (χ1v) is 8.18. The van der Waals surface area contributed by atoms with Gasteiger partial charge in [-0.1, -0.05) is 12.1 Å². The van der Waals surface area contributed by atoms with Crippen LogP contribution in [0.15, 0.2) is 47.1 Å². The van der Waals surface area contributed by atoms with E-state index in [2.05, 4.69) is 15.6 Å². The molecule has 2 aromatic heterocycles. The number of hydrogen-bond donors (Lipinski definition) is 2. The van der Waals surface area contributed by atoms with Crippen LogP contribution in [0.5, 0.6) is 0 Å². The number of benzene rings is 1. The topological polar surface area (TPSA) is 70.4 Å². The van der Waals surface area contributed by atoms with Gasteiger partial charge in [0.15, 0.2) is 5.58 Å². The summed E-state index contributed by atoms with van der Waals surface area (Å²) in [6, 6.07) is 9.82. The van der Waals surface area contributed by atoms with Crippen molar-refractivity contribution in [3.05, 3.63) is 54.0 Å². The summed E-state index contributed by atoms with van der Waals surface area (Å²) in [5, 5.41) is 7.05. The fourth-order valence-electron chi connectivity index (χ4n) is 2.58. The number of aryl methyl sites for hydroxylation is 1. The van der Waals surface area contributed by atoms with E-state index in [1.807, 2.05) is 56.3 Å². The van der Waals surface area contributed by atoms with Gasteiger partial charge in [0.25, 0.3) is 5.91 Å². The van der Waals surface area contributed by atoms with Crippen molar-refractivity contribution in [3.63, 3.8) is 0 Å². The van der Waals surface area contributed by atoms with E-state index in [0.717, 1.165) is 23.2 Å². The number of furan rings is 1. The van der Waals surface area contributed by atoms with Crippen molar-refractivity contribution in [2.75, 3.05) is 32.5 Å². The molecule has 130 valence electrons. The number of nitrogens with one attached hydrogen (secondary N) is 2. The molecule has 0 aliphatic heterocycles. The quantitative estimate of drug-likeness (QED) is 0.722. The molecule has 0 unspecified atom stereocenters. The van der Waals surface area contributed by atoms with E-state index < -0.39 is 0 Å². The van der Waals surface area contributed by atoms with Crippen molar-refractivity contribution in [1.29, 1.82) is 0 Å². The minimum absolute atomic E-state index is 0.242. The molecule has 3 aromatic rings. The minimum Gasteiger partial charge on any atom is -0.447 e. The van der Waals surface area contributed by atoms with Crippen LogP contribution in [0, 0.1) is 6.92 Å². The van der Waals surface area contributed by atoms with Gasteiger partial charge in [-0.05, 0) is 44.8 Å². The second-order valence-electron chi connectivity index (χ2n) is 6.23. The Morgan fingerprint density at radius 2 is 2.12 bits per heavy atom. The molecule has 1 amide bonds. The van der Waals surface area contributed by atoms with E-state index in [4.69, 9.17) is 4.42 Å². The lowest BCUT2D eigenvalue weighted by molar-refractivity contribution is 0.0926. The summed E-state index contributed by atoms with van der Waals surface area (Å²) in [7, 11) is 3.92. The highest BCUT2D eigenvalue weighted by molar-refractivity contribution is 6.07. The Balaban J connectivity index is 1.93. The number of likely N-dealkylation sites (N-methyl/N-ethyl adjacent to an activating group) is 1. The maximum absolute atomic E-state index is 12.6. The number of fused-ring (bicyclic) bond motifs is 1. The fourth-order valence-corrected chi connectivity index (χ4v) is 2.58. The molecule has 0 fully saturated rings. The number of aromatic nitrogens is 1. The first-order chi connectivity index (χ1) is 12.0. The van der Waals surface area contributed by atoms with Gasteiger partial charge in [0.1, 0.15) is 0 Å². The third kappa shape index (κ3) is 3.97. The molecule has 6 heteroatoms. The monoisotopic (exact) mass is 338 g/mol. The van der Waals surface area contributed by atoms with Gasteiger partial charge in [0.05, 0.1) is 11.9 Å². The predicted octanol–water partition coefficient (Wildman–Crippen LogP) is 3.17. The minimum atomic E-state index is -0.242. The van der Waals surface area contributed by atoms with Crippen molar-refractivity contribution in [3.8, 4) is 0 Å². The molecule has 2 heterocycles. The van der Waals surface area contributed by atoms with Gasteiger partial charge in [-0.15, -0.1) is 0 Å². The molecular formula is C19H22N4O2. The van der Waals surface area contributed by atoms with Crippen LogP contribution in [0.3, 0.4) is 0 Å². The number of pyridine rings is 1. The second-order valence-corrected chi connectivity index (χ2v) is 6.23. The number of carbonyl (C=O) groups is 1. The van der Waals surface area contributed by atoms with Crippen molar-refractivity contribution >= 4 is 28.3 Å². The number of carbonyl (C=O) groups excluding carboxylic acids is 1. The molecule has 0 spiro atoms. The summed E-state index contributed by atoms with van der Waals surface area (Å²) in [6.45, 7) is 3.33. The summed E-state index contributed by atoms with van der Waals surface area (Å²) in [5.74, 6) is 0.0245. The largest absolute Gasteiger partial charge is 0.447 e. The van der Waals surface area contributed by atoms with E-state index in [-0.39, 0.29) is 11.7 Å². The molecule has 1 aromatic carbocycles. The summed E-state index contributed by atoms with van der Waals surface area (Å²) >= 11 is 0. The zero-order valence-electron chi connectivity index (χ0n) is 14.7. The van der Waals surface area contributed by atoms with Gasteiger partial charge < -0.3 is 20.0 Å². The van der Waals surface area contributed by atoms with E-state index in [0.29, 0.717) is 17.8 Å². The average molecular weight is 338 g/mol. The smallest absolute Gasteiger partial charge is 0.289 e. The van der Waals surface area contributed by atoms with Gasteiger partial charge in [0.2, 0.25) is 5.76 Å². The zero-order valence-corrected chi connectivity index (χ0v) is 14.7. The molecule has 0 atom stereocenters. The van der Waals surface area contributed by atoms with Crippen molar-refractivity contribution in [1.82, 2.24) is 15.2 Å². The molecule has 0 aliphatic rings. The van der Waals surface area contributed by atoms with Crippen LogP contribution in [0.1, 0.15) is 16.1 Å². The lowest BCUT2D eigenvalue weighted by atomic mass is 10.2. The number of rotatable bonds is 6. The third-order valence-corrected chi connectivity index (χ3v) is 3.83. The first-order valence-electron chi connectivity index (χ1n) is 8.18. The van der Waals surface area contributed by atoms with Crippen molar-refractivity contribution < 1.29 is 9.21 Å². The Morgan fingerprint density at radius 3 is 2.88 bits per heavy atom.